The van der Waals surface area contributed by atoms with Gasteiger partial charge in [0.15, 0.2) is 6.61 Å². The summed E-state index contributed by atoms with van der Waals surface area (Å²) in [6.07, 6.45) is 1.66. The van der Waals surface area contributed by atoms with E-state index in [-0.39, 0.29) is 11.3 Å². The van der Waals surface area contributed by atoms with E-state index in [1.165, 1.54) is 23.5 Å². The molecule has 2 aromatic rings. The number of anilines is 1. The van der Waals surface area contributed by atoms with Gasteiger partial charge in [-0.1, -0.05) is 24.3 Å². The number of amides is 1. The van der Waals surface area contributed by atoms with Crippen LogP contribution in [0.2, 0.25) is 0 Å². The predicted octanol–water partition coefficient (Wildman–Crippen LogP) is 2.20. The third-order valence-corrected chi connectivity index (χ3v) is 6.61. The number of hydrogen-bond donors (Lipinski definition) is 1. The standard InChI is InChI=1S/C21H24N2O6S/c1-28-19-10-3-2-7-16(19)13-21(25)29-15-20(24)22-17-8-6-9-18(14-17)30(26,27)23-11-4-5-12-23/h2-3,6-10,14H,4-5,11-13,15H2,1H3,(H,22,24). The van der Waals surface area contributed by atoms with Crippen molar-refractivity contribution < 1.29 is 27.5 Å². The minimum Gasteiger partial charge on any atom is -0.496 e. The number of esters is 1. The highest BCUT2D eigenvalue weighted by Crippen LogP contribution is 2.23. The van der Waals surface area contributed by atoms with Crippen LogP contribution in [0.3, 0.4) is 0 Å². The van der Waals surface area contributed by atoms with Crippen molar-refractivity contribution in [3.05, 3.63) is 54.1 Å². The summed E-state index contributed by atoms with van der Waals surface area (Å²) in [6.45, 7) is 0.527. The SMILES string of the molecule is COc1ccccc1CC(=O)OCC(=O)Nc1cccc(S(=O)(=O)N2CCCC2)c1. The highest BCUT2D eigenvalue weighted by molar-refractivity contribution is 7.89. The molecule has 0 atom stereocenters. The molecule has 1 N–H and O–H groups in total. The average Bonchev–Trinajstić information content (AvgIpc) is 3.29. The molecule has 0 unspecified atom stereocenters. The lowest BCUT2D eigenvalue weighted by molar-refractivity contribution is -0.146. The lowest BCUT2D eigenvalue weighted by atomic mass is 10.1. The van der Waals surface area contributed by atoms with Gasteiger partial charge in [0.25, 0.3) is 5.91 Å². The Bertz CT molecular complexity index is 1020. The number of rotatable bonds is 8. The molecule has 1 aliphatic heterocycles. The van der Waals surface area contributed by atoms with E-state index in [2.05, 4.69) is 5.32 Å². The van der Waals surface area contributed by atoms with Crippen molar-refractivity contribution in [2.24, 2.45) is 0 Å². The molecule has 0 aliphatic carbocycles. The molecule has 2 aromatic carbocycles. The molecule has 8 nitrogen and oxygen atoms in total. The molecular weight excluding hydrogens is 408 g/mol. The molecule has 0 spiro atoms. The summed E-state index contributed by atoms with van der Waals surface area (Å²) in [4.78, 5) is 24.3. The van der Waals surface area contributed by atoms with E-state index in [0.717, 1.165) is 12.8 Å². The van der Waals surface area contributed by atoms with Crippen molar-refractivity contribution in [1.82, 2.24) is 4.31 Å². The van der Waals surface area contributed by atoms with Crippen molar-refractivity contribution >= 4 is 27.6 Å². The van der Waals surface area contributed by atoms with Crippen LogP contribution in [-0.2, 0) is 30.8 Å². The van der Waals surface area contributed by atoms with E-state index < -0.39 is 28.5 Å². The normalized spacial score (nSPS) is 14.3. The molecule has 0 bridgehead atoms. The third kappa shape index (κ3) is 5.37. The van der Waals surface area contributed by atoms with Crippen molar-refractivity contribution in [3.8, 4) is 5.75 Å². The summed E-state index contributed by atoms with van der Waals surface area (Å²) in [6, 6.07) is 13.1. The van der Waals surface area contributed by atoms with Gasteiger partial charge in [-0.2, -0.15) is 4.31 Å². The number of benzene rings is 2. The van der Waals surface area contributed by atoms with Gasteiger partial charge in [-0.3, -0.25) is 9.59 Å². The molecule has 160 valence electrons. The Hall–Kier alpha value is -2.91. The first-order valence-corrected chi connectivity index (χ1v) is 11.0. The van der Waals surface area contributed by atoms with Gasteiger partial charge in [-0.25, -0.2) is 8.42 Å². The first-order valence-electron chi connectivity index (χ1n) is 9.58. The van der Waals surface area contributed by atoms with E-state index in [0.29, 0.717) is 30.1 Å². The number of sulfonamides is 1. The van der Waals surface area contributed by atoms with Gasteiger partial charge in [-0.05, 0) is 37.1 Å². The van der Waals surface area contributed by atoms with Crippen LogP contribution in [0.4, 0.5) is 5.69 Å². The number of nitrogens with zero attached hydrogens (tertiary/aromatic N) is 1. The zero-order chi connectivity index (χ0) is 21.6. The quantitative estimate of drug-likeness (QED) is 0.642. The first-order chi connectivity index (χ1) is 14.4. The summed E-state index contributed by atoms with van der Waals surface area (Å²) in [5.74, 6) is -0.561. The second-order valence-electron chi connectivity index (χ2n) is 6.84. The fraction of sp³-hybridized carbons (Fsp3) is 0.333. The van der Waals surface area contributed by atoms with Crippen LogP contribution in [0.1, 0.15) is 18.4 Å². The van der Waals surface area contributed by atoms with Gasteiger partial charge in [0, 0.05) is 24.3 Å². The molecule has 9 heteroatoms. The number of carbonyl (C=O) groups is 2. The maximum Gasteiger partial charge on any atom is 0.310 e. The summed E-state index contributed by atoms with van der Waals surface area (Å²) < 4.78 is 36.9. The molecule has 1 saturated heterocycles. The largest absolute Gasteiger partial charge is 0.496 e. The van der Waals surface area contributed by atoms with E-state index in [1.54, 1.807) is 36.4 Å². The van der Waals surface area contributed by atoms with Crippen LogP contribution >= 0.6 is 0 Å². The Kier molecular flexibility index (Phi) is 7.07. The number of para-hydroxylation sites is 1. The molecule has 0 aromatic heterocycles. The lowest BCUT2D eigenvalue weighted by Crippen LogP contribution is -2.28. The fourth-order valence-corrected chi connectivity index (χ4v) is 4.77. The third-order valence-electron chi connectivity index (χ3n) is 4.71. The monoisotopic (exact) mass is 432 g/mol. The van der Waals surface area contributed by atoms with Crippen LogP contribution in [0, 0.1) is 0 Å². The first kappa shape index (κ1) is 21.8. The lowest BCUT2D eigenvalue weighted by Gasteiger charge is -2.16. The van der Waals surface area contributed by atoms with Crippen molar-refractivity contribution in [1.29, 1.82) is 0 Å². The maximum absolute atomic E-state index is 12.6. The molecule has 0 saturated carbocycles. The summed E-state index contributed by atoms with van der Waals surface area (Å²) in [5.41, 5.74) is 0.978. The molecule has 0 radical (unpaired) electrons. The number of ether oxygens (including phenoxy) is 2. The predicted molar refractivity (Wildman–Crippen MR) is 111 cm³/mol. The Morgan fingerprint density at radius 3 is 2.53 bits per heavy atom. The summed E-state index contributed by atoms with van der Waals surface area (Å²) in [7, 11) is -2.07. The summed E-state index contributed by atoms with van der Waals surface area (Å²) >= 11 is 0. The Balaban J connectivity index is 1.55. The number of nitrogens with one attached hydrogen (secondary N) is 1. The molecule has 1 fully saturated rings. The topological polar surface area (TPSA) is 102 Å². The van der Waals surface area contributed by atoms with Crippen molar-refractivity contribution in [2.75, 3.05) is 32.1 Å². The number of hydrogen-bond acceptors (Lipinski definition) is 6. The second-order valence-corrected chi connectivity index (χ2v) is 8.77. The second kappa shape index (κ2) is 9.73. The maximum atomic E-state index is 12.6. The molecule has 1 heterocycles. The van der Waals surface area contributed by atoms with Gasteiger partial charge >= 0.3 is 5.97 Å². The van der Waals surface area contributed by atoms with E-state index in [1.807, 2.05) is 0 Å². The number of methoxy groups -OCH3 is 1. The van der Waals surface area contributed by atoms with Crippen LogP contribution in [-0.4, -0.2) is 51.4 Å². The van der Waals surface area contributed by atoms with Gasteiger partial charge in [0.05, 0.1) is 18.4 Å². The average molecular weight is 432 g/mol. The Labute approximate surface area is 175 Å². The van der Waals surface area contributed by atoms with Gasteiger partial charge in [0.2, 0.25) is 10.0 Å². The molecular formula is C21H24N2O6S. The zero-order valence-corrected chi connectivity index (χ0v) is 17.5. The zero-order valence-electron chi connectivity index (χ0n) is 16.7. The van der Waals surface area contributed by atoms with Crippen LogP contribution in [0.25, 0.3) is 0 Å². The molecule has 1 aliphatic rings. The minimum absolute atomic E-state index is 0.0269. The van der Waals surface area contributed by atoms with Gasteiger partial charge in [0.1, 0.15) is 5.75 Å². The minimum atomic E-state index is -3.58. The highest BCUT2D eigenvalue weighted by Gasteiger charge is 2.27. The van der Waals surface area contributed by atoms with Crippen LogP contribution in [0.15, 0.2) is 53.4 Å². The van der Waals surface area contributed by atoms with E-state index in [9.17, 15) is 18.0 Å². The highest BCUT2D eigenvalue weighted by atomic mass is 32.2. The molecule has 30 heavy (non-hydrogen) atoms. The Morgan fingerprint density at radius 1 is 1.07 bits per heavy atom. The number of carbonyl (C=O) groups excluding carboxylic acids is 2. The smallest absolute Gasteiger partial charge is 0.310 e. The van der Waals surface area contributed by atoms with Crippen LogP contribution < -0.4 is 10.1 Å². The van der Waals surface area contributed by atoms with Crippen molar-refractivity contribution in [2.45, 2.75) is 24.2 Å². The molecule has 1 amide bonds. The fourth-order valence-electron chi connectivity index (χ4n) is 3.21. The summed E-state index contributed by atoms with van der Waals surface area (Å²) in [5, 5.41) is 2.56. The Morgan fingerprint density at radius 2 is 1.80 bits per heavy atom. The van der Waals surface area contributed by atoms with Crippen molar-refractivity contribution in [3.63, 3.8) is 0 Å². The van der Waals surface area contributed by atoms with Gasteiger partial charge < -0.3 is 14.8 Å². The van der Waals surface area contributed by atoms with E-state index in [4.69, 9.17) is 9.47 Å². The van der Waals surface area contributed by atoms with Crippen LogP contribution in [0.5, 0.6) is 5.75 Å². The van der Waals surface area contributed by atoms with Gasteiger partial charge in [-0.15, -0.1) is 0 Å². The van der Waals surface area contributed by atoms with E-state index >= 15 is 0 Å². The molecule has 3 rings (SSSR count).